The van der Waals surface area contributed by atoms with Gasteiger partial charge in [0.2, 0.25) is 11.8 Å². The minimum atomic E-state index is -4.51. The molecule has 1 aliphatic heterocycles. The van der Waals surface area contributed by atoms with E-state index >= 15 is 0 Å². The van der Waals surface area contributed by atoms with Crippen molar-refractivity contribution in [2.24, 2.45) is 0 Å². The van der Waals surface area contributed by atoms with E-state index in [1.165, 1.54) is 30.7 Å². The number of amides is 1. The average molecular weight is 566 g/mol. The topological polar surface area (TPSA) is 80.2 Å². The highest BCUT2D eigenvalue weighted by Crippen LogP contribution is 2.36. The number of carbonyl (C=O) groups excluding carboxylic acids is 1. The van der Waals surface area contributed by atoms with Crippen LogP contribution in [0.4, 0.5) is 18.3 Å². The second-order valence-electron chi connectivity index (χ2n) is 9.66. The quantitative estimate of drug-likeness (QED) is 0.270. The summed E-state index contributed by atoms with van der Waals surface area (Å²) in [4.78, 5) is 26.7. The summed E-state index contributed by atoms with van der Waals surface area (Å²) < 4.78 is 47.6. The van der Waals surface area contributed by atoms with Crippen molar-refractivity contribution in [1.82, 2.24) is 19.9 Å². The van der Waals surface area contributed by atoms with Gasteiger partial charge < -0.3 is 10.1 Å². The van der Waals surface area contributed by atoms with Crippen LogP contribution in [0.15, 0.2) is 48.8 Å². The molecule has 4 aromatic rings. The number of aromatic nitrogens is 3. The van der Waals surface area contributed by atoms with Gasteiger partial charge >= 0.3 is 6.18 Å². The number of alkyl halides is 3. The van der Waals surface area contributed by atoms with E-state index in [-0.39, 0.29) is 23.4 Å². The van der Waals surface area contributed by atoms with Crippen LogP contribution in [0.2, 0.25) is 0 Å². The lowest BCUT2D eigenvalue weighted by molar-refractivity contribution is -0.137. The number of carbonyl (C=O) groups is 1. The number of fused-ring (bicyclic) bond motifs is 1. The predicted octanol–water partition coefficient (Wildman–Crippen LogP) is 6.75. The molecule has 2 aromatic carbocycles. The first kappa shape index (κ1) is 27.6. The number of para-hydroxylation sites is 1. The summed E-state index contributed by atoms with van der Waals surface area (Å²) >= 11 is 1.31. The highest BCUT2D eigenvalue weighted by atomic mass is 32.1. The first-order valence-corrected chi connectivity index (χ1v) is 13.6. The Morgan fingerprint density at radius 1 is 1.20 bits per heavy atom. The van der Waals surface area contributed by atoms with Gasteiger partial charge in [0.15, 0.2) is 10.9 Å². The number of thiazole rings is 1. The van der Waals surface area contributed by atoms with Gasteiger partial charge in [0.25, 0.3) is 0 Å². The number of hydrogen-bond acceptors (Lipinski definition) is 7. The fourth-order valence-corrected chi connectivity index (χ4v) is 5.56. The van der Waals surface area contributed by atoms with E-state index in [0.717, 1.165) is 36.2 Å². The molecule has 1 amide bonds. The van der Waals surface area contributed by atoms with Gasteiger partial charge in [0.05, 0.1) is 22.0 Å². The molecule has 5 rings (SSSR count). The Labute approximate surface area is 233 Å². The van der Waals surface area contributed by atoms with E-state index < -0.39 is 11.7 Å². The van der Waals surface area contributed by atoms with Crippen LogP contribution < -0.4 is 10.1 Å². The summed E-state index contributed by atoms with van der Waals surface area (Å²) in [6.45, 7) is 6.49. The van der Waals surface area contributed by atoms with Gasteiger partial charge in [-0.15, -0.1) is 0 Å². The lowest BCUT2D eigenvalue weighted by Crippen LogP contribution is -2.34. The molecule has 1 saturated heterocycles. The van der Waals surface area contributed by atoms with Gasteiger partial charge in [-0.3, -0.25) is 9.69 Å². The highest BCUT2D eigenvalue weighted by molar-refractivity contribution is 7.22. The molecule has 0 saturated carbocycles. The Hall–Kier alpha value is -4.01. The maximum Gasteiger partial charge on any atom is 0.416 e. The number of halogens is 3. The van der Waals surface area contributed by atoms with Crippen molar-refractivity contribution in [2.45, 2.75) is 51.9 Å². The van der Waals surface area contributed by atoms with Gasteiger partial charge in [-0.25, -0.2) is 15.0 Å². The fourth-order valence-electron chi connectivity index (χ4n) is 4.64. The Bertz CT molecular complexity index is 1620. The van der Waals surface area contributed by atoms with Gasteiger partial charge in [-0.1, -0.05) is 35.3 Å². The molecular weight excluding hydrogens is 539 g/mol. The van der Waals surface area contributed by atoms with Crippen LogP contribution in [0.25, 0.3) is 21.5 Å². The summed E-state index contributed by atoms with van der Waals surface area (Å²) in [6.07, 6.45) is -1.34. The van der Waals surface area contributed by atoms with Crippen LogP contribution in [0.5, 0.6) is 11.6 Å². The molecule has 1 fully saturated rings. The lowest BCUT2D eigenvalue weighted by Gasteiger charge is -2.24. The molecule has 1 N–H and O–H groups in total. The minimum absolute atomic E-state index is 0.0207. The van der Waals surface area contributed by atoms with Gasteiger partial charge in [-0.05, 0) is 57.5 Å². The molecule has 11 heteroatoms. The number of likely N-dealkylation sites (tertiary alicyclic amines) is 1. The Balaban J connectivity index is 1.50. The molecule has 0 radical (unpaired) electrons. The van der Waals surface area contributed by atoms with Crippen LogP contribution >= 0.6 is 11.3 Å². The summed E-state index contributed by atoms with van der Waals surface area (Å²) in [7, 11) is 0. The molecule has 7 nitrogen and oxygen atoms in total. The SMILES string of the molecule is CC(=O)Nc1nc2c(Oc3cc(-c4ccc(C(F)(F)F)cc4C#C[C@@H]4CCCN4C(C)C)ncn3)cccc2s1. The minimum Gasteiger partial charge on any atom is -0.437 e. The zero-order chi connectivity index (χ0) is 28.4. The maximum atomic E-state index is 13.6. The normalized spacial score (nSPS) is 15.7. The summed E-state index contributed by atoms with van der Waals surface area (Å²) in [6, 6.07) is 10.7. The van der Waals surface area contributed by atoms with Crippen molar-refractivity contribution < 1.29 is 22.7 Å². The smallest absolute Gasteiger partial charge is 0.416 e. The van der Waals surface area contributed by atoms with E-state index in [1.807, 2.05) is 6.07 Å². The number of anilines is 1. The van der Waals surface area contributed by atoms with E-state index in [2.05, 4.69) is 50.9 Å². The fraction of sp³-hybridized carbons (Fsp3) is 0.310. The Morgan fingerprint density at radius 3 is 2.77 bits per heavy atom. The molecule has 0 aliphatic carbocycles. The number of benzene rings is 2. The zero-order valence-corrected chi connectivity index (χ0v) is 22.9. The molecular formula is C29H26F3N5O2S. The lowest BCUT2D eigenvalue weighted by atomic mass is 10.0. The third kappa shape index (κ3) is 6.08. The molecule has 0 unspecified atom stereocenters. The predicted molar refractivity (Wildman–Crippen MR) is 148 cm³/mol. The molecule has 3 heterocycles. The second-order valence-corrected chi connectivity index (χ2v) is 10.7. The second kappa shape index (κ2) is 11.2. The first-order valence-electron chi connectivity index (χ1n) is 12.7. The van der Waals surface area contributed by atoms with Crippen LogP contribution in [0.1, 0.15) is 44.7 Å². The van der Waals surface area contributed by atoms with Crippen molar-refractivity contribution in [3.63, 3.8) is 0 Å². The molecule has 1 aliphatic rings. The van der Waals surface area contributed by atoms with Crippen LogP contribution in [-0.4, -0.2) is 44.4 Å². The number of hydrogen-bond donors (Lipinski definition) is 1. The van der Waals surface area contributed by atoms with E-state index in [1.54, 1.807) is 18.2 Å². The van der Waals surface area contributed by atoms with Gasteiger partial charge in [0, 0.05) is 30.2 Å². The third-order valence-corrected chi connectivity index (χ3v) is 7.41. The molecule has 2 aromatic heterocycles. The number of nitrogens with one attached hydrogen (secondary N) is 1. The largest absolute Gasteiger partial charge is 0.437 e. The Morgan fingerprint density at radius 2 is 2.02 bits per heavy atom. The molecule has 40 heavy (non-hydrogen) atoms. The zero-order valence-electron chi connectivity index (χ0n) is 22.0. The number of rotatable bonds is 5. The van der Waals surface area contributed by atoms with E-state index in [4.69, 9.17) is 4.74 Å². The van der Waals surface area contributed by atoms with Crippen LogP contribution in [0, 0.1) is 11.8 Å². The van der Waals surface area contributed by atoms with Crippen molar-refractivity contribution in [2.75, 3.05) is 11.9 Å². The molecule has 206 valence electrons. The molecule has 0 bridgehead atoms. The average Bonchev–Trinajstić information content (AvgIpc) is 3.54. The van der Waals surface area contributed by atoms with Crippen molar-refractivity contribution in [3.05, 3.63) is 59.9 Å². The standard InChI is InChI=1S/C29H26F3N5O2S/c1-17(2)37-13-5-6-21(37)11-9-19-14-20(29(30,31)32)10-12-22(19)23-15-26(34-16-33-23)39-24-7-4-8-25-27(24)36-28(40-25)35-18(3)38/h4,7-8,10,12,14-17,21H,5-6,13H2,1-3H3,(H,35,36,38)/t21-/m0/s1. The molecule has 0 spiro atoms. The summed E-state index contributed by atoms with van der Waals surface area (Å²) in [5.41, 5.74) is 0.824. The van der Waals surface area contributed by atoms with Crippen LogP contribution in [-0.2, 0) is 11.0 Å². The molecule has 1 atom stereocenters. The summed E-state index contributed by atoms with van der Waals surface area (Å²) in [5.74, 6) is 6.60. The summed E-state index contributed by atoms with van der Waals surface area (Å²) in [5, 5.41) is 3.11. The maximum absolute atomic E-state index is 13.6. The Kier molecular flexibility index (Phi) is 7.74. The van der Waals surface area contributed by atoms with Crippen molar-refractivity contribution in [1.29, 1.82) is 0 Å². The van der Waals surface area contributed by atoms with E-state index in [9.17, 15) is 18.0 Å². The number of nitrogens with zero attached hydrogens (tertiary/aromatic N) is 4. The first-order chi connectivity index (χ1) is 19.1. The monoisotopic (exact) mass is 565 g/mol. The van der Waals surface area contributed by atoms with Crippen molar-refractivity contribution in [3.8, 4) is 34.7 Å². The van der Waals surface area contributed by atoms with Gasteiger partial charge in [0.1, 0.15) is 11.8 Å². The van der Waals surface area contributed by atoms with Crippen molar-refractivity contribution >= 4 is 32.6 Å². The third-order valence-electron chi connectivity index (χ3n) is 6.48. The van der Waals surface area contributed by atoms with E-state index in [0.29, 0.717) is 33.7 Å². The van der Waals surface area contributed by atoms with Gasteiger partial charge in [-0.2, -0.15) is 13.2 Å². The number of ether oxygens (including phenoxy) is 1. The highest BCUT2D eigenvalue weighted by Gasteiger charge is 2.31. The van der Waals surface area contributed by atoms with Crippen LogP contribution in [0.3, 0.4) is 0 Å².